The van der Waals surface area contributed by atoms with Crippen LogP contribution in [0, 0.1) is 11.5 Å². The van der Waals surface area contributed by atoms with Crippen LogP contribution < -0.4 is 24.8 Å². The molecule has 0 unspecified atom stereocenters. The van der Waals surface area contributed by atoms with Crippen molar-refractivity contribution in [3.63, 3.8) is 0 Å². The third kappa shape index (κ3) is 10.7. The third-order valence-electron chi connectivity index (χ3n) is 4.15. The van der Waals surface area contributed by atoms with Gasteiger partial charge in [0.25, 0.3) is 0 Å². The molecular weight excluding hydrogens is 478 g/mol. The molecule has 154 valence electrons. The largest absolute Gasteiger partial charge is 1.00 e. The van der Waals surface area contributed by atoms with Crippen LogP contribution in [0.5, 0.6) is 0 Å². The van der Waals surface area contributed by atoms with Crippen molar-refractivity contribution in [1.29, 1.82) is 0 Å². The molecule has 4 heteroatoms. The van der Waals surface area contributed by atoms with Gasteiger partial charge in [0.2, 0.25) is 0 Å². The van der Waals surface area contributed by atoms with Gasteiger partial charge in [0.05, 0.1) is 0 Å². The molecule has 0 N–H and O–H groups in total. The summed E-state index contributed by atoms with van der Waals surface area (Å²) >= 11 is 1.74. The van der Waals surface area contributed by atoms with Crippen LogP contribution in [0.15, 0.2) is 54.1 Å². The molecule has 0 spiro atoms. The van der Waals surface area contributed by atoms with Crippen LogP contribution >= 0.6 is 0 Å². The predicted molar refractivity (Wildman–Crippen MR) is 116 cm³/mol. The molecule has 0 saturated heterocycles. The average molecular weight is 513 g/mol. The maximum atomic E-state index is 3.16. The van der Waals surface area contributed by atoms with Crippen LogP contribution in [0.1, 0.15) is 53.5 Å². The number of halogens is 2. The van der Waals surface area contributed by atoms with Gasteiger partial charge in [-0.15, -0.1) is 53.1 Å². The Balaban J connectivity index is 0. The summed E-state index contributed by atoms with van der Waals surface area (Å²) in [6.45, 7) is 18.1. The van der Waals surface area contributed by atoms with E-state index in [9.17, 15) is 0 Å². The molecule has 1 aliphatic rings. The SMILES string of the molecule is CC(C)(C)C1=CC=[C-]C1.CC(C)(C)c1c[cH-]c2ccccc12.C[Si](C)=[Zr+2].[Cl-].[Cl-]. The number of hydrogen-bond acceptors (Lipinski definition) is 0. The molecule has 0 aliphatic heterocycles. The van der Waals surface area contributed by atoms with E-state index in [0.29, 0.717) is 5.41 Å². The van der Waals surface area contributed by atoms with E-state index in [4.69, 9.17) is 0 Å². The van der Waals surface area contributed by atoms with Crippen molar-refractivity contribution >= 4 is 16.2 Å². The second-order valence-electron chi connectivity index (χ2n) is 9.07. The Hall–Kier alpha value is -0.01000. The predicted octanol–water partition coefficient (Wildman–Crippen LogP) is 1.37. The van der Waals surface area contributed by atoms with Crippen molar-refractivity contribution in [2.24, 2.45) is 5.41 Å². The van der Waals surface area contributed by atoms with E-state index < -0.39 is 0 Å². The second kappa shape index (κ2) is 13.3. The van der Waals surface area contributed by atoms with Gasteiger partial charge < -0.3 is 24.8 Å². The fourth-order valence-corrected chi connectivity index (χ4v) is 2.71. The van der Waals surface area contributed by atoms with E-state index in [1.807, 2.05) is 6.08 Å². The summed E-state index contributed by atoms with van der Waals surface area (Å²) in [5.41, 5.74) is 3.75. The van der Waals surface area contributed by atoms with Crippen molar-refractivity contribution in [1.82, 2.24) is 0 Å². The van der Waals surface area contributed by atoms with Crippen molar-refractivity contribution in [2.75, 3.05) is 0 Å². The van der Waals surface area contributed by atoms with Crippen molar-refractivity contribution < 1.29 is 48.1 Å². The first-order chi connectivity index (χ1) is 11.9. The molecule has 0 aromatic heterocycles. The van der Waals surface area contributed by atoms with Crippen LogP contribution in [-0.4, -0.2) is 5.43 Å². The summed E-state index contributed by atoms with van der Waals surface area (Å²) in [7, 11) is 0. The maximum Gasteiger partial charge on any atom is -1.00 e. The van der Waals surface area contributed by atoms with E-state index in [-0.39, 0.29) is 35.7 Å². The number of benzene rings is 1. The Morgan fingerprint density at radius 1 is 0.964 bits per heavy atom. The first kappa shape index (κ1) is 30.2. The molecule has 0 nitrogen and oxygen atoms in total. The van der Waals surface area contributed by atoms with Crippen molar-refractivity contribution in [3.8, 4) is 0 Å². The summed E-state index contributed by atoms with van der Waals surface area (Å²) in [4.78, 5) is 0. The minimum Gasteiger partial charge on any atom is -1.00 e. The van der Waals surface area contributed by atoms with Crippen LogP contribution in [-0.2, 0) is 28.8 Å². The Kier molecular flexibility index (Phi) is 14.4. The van der Waals surface area contributed by atoms with Gasteiger partial charge in [-0.25, -0.2) is 12.2 Å². The average Bonchev–Trinajstić information content (AvgIpc) is 3.16. The zero-order valence-electron chi connectivity index (χ0n) is 18.6. The summed E-state index contributed by atoms with van der Waals surface area (Å²) in [6.07, 6.45) is 8.37. The molecule has 2 aromatic rings. The molecular formula is C24H34Cl2SiZr-2. The number of fused-ring (bicyclic) bond motifs is 1. The molecule has 3 rings (SSSR count). The van der Waals surface area contributed by atoms with Gasteiger partial charge in [0, 0.05) is 0 Å². The Morgan fingerprint density at radius 2 is 1.50 bits per heavy atom. The molecule has 1 aliphatic carbocycles. The Bertz CT molecular complexity index is 783. The van der Waals surface area contributed by atoms with Crippen molar-refractivity contribution in [2.45, 2.75) is 66.5 Å². The summed E-state index contributed by atoms with van der Waals surface area (Å²) in [5.74, 6) is 0. The zero-order chi connectivity index (χ0) is 20.0. The van der Waals surface area contributed by atoms with Gasteiger partial charge in [-0.3, -0.25) is 6.08 Å². The fraction of sp³-hybridized carbons (Fsp3) is 0.458. The first-order valence-corrected chi connectivity index (χ1v) is 15.5. The molecule has 0 saturated carbocycles. The van der Waals surface area contributed by atoms with E-state index in [1.54, 1.807) is 23.3 Å². The van der Waals surface area contributed by atoms with Crippen LogP contribution in [0.25, 0.3) is 10.8 Å². The summed E-state index contributed by atoms with van der Waals surface area (Å²) in [6, 6.07) is 13.0. The molecule has 0 amide bonds. The van der Waals surface area contributed by atoms with Gasteiger partial charge in [0.15, 0.2) is 0 Å². The number of hydrogen-bond donors (Lipinski definition) is 0. The van der Waals surface area contributed by atoms with Crippen LogP contribution in [0.4, 0.5) is 0 Å². The van der Waals surface area contributed by atoms with E-state index >= 15 is 0 Å². The van der Waals surface area contributed by atoms with Gasteiger partial charge in [-0.2, -0.15) is 5.57 Å². The molecule has 2 aromatic carbocycles. The normalized spacial score (nSPS) is 12.6. The smallest absolute Gasteiger partial charge is 1.00 e. The summed E-state index contributed by atoms with van der Waals surface area (Å²) in [5, 5.41) is 2.75. The molecule has 0 heterocycles. The standard InChI is InChI=1S/C13H15.C9H13.C2H6Si.2ClH.Zr/c1-13(2,3)12-9-8-10-6-4-5-7-11(10)12;1-9(2,3)8-6-4-5-7-8;1-3-2;;;/h4-9H,1-3H3;4,6H,7H2,1-3H3;1-2H3;2*1H;/q2*-1;;;;+2/p-2. The minimum atomic E-state index is 0. The van der Waals surface area contributed by atoms with Gasteiger partial charge in [0.1, 0.15) is 0 Å². The van der Waals surface area contributed by atoms with Gasteiger partial charge in [-0.05, 0) is 5.41 Å². The third-order valence-corrected chi connectivity index (χ3v) is 4.15. The molecule has 28 heavy (non-hydrogen) atoms. The Labute approximate surface area is 200 Å². The van der Waals surface area contributed by atoms with E-state index in [1.165, 1.54) is 21.9 Å². The topological polar surface area (TPSA) is 0 Å². The van der Waals surface area contributed by atoms with Crippen LogP contribution in [0.3, 0.4) is 0 Å². The zero-order valence-corrected chi connectivity index (χ0v) is 23.6. The second-order valence-corrected chi connectivity index (χ2v) is 18.4. The minimum absolute atomic E-state index is 0. The van der Waals surface area contributed by atoms with E-state index in [2.05, 4.69) is 103 Å². The molecule has 0 bridgehead atoms. The van der Waals surface area contributed by atoms with Crippen molar-refractivity contribution in [3.05, 3.63) is 65.8 Å². The summed E-state index contributed by atoms with van der Waals surface area (Å²) < 4.78 is 0. The molecule has 0 radical (unpaired) electrons. The first-order valence-electron chi connectivity index (χ1n) is 9.36. The maximum absolute atomic E-state index is 3.16. The monoisotopic (exact) mass is 510 g/mol. The van der Waals surface area contributed by atoms with Crippen LogP contribution in [0.2, 0.25) is 13.1 Å². The van der Waals surface area contributed by atoms with E-state index in [0.717, 1.165) is 6.42 Å². The van der Waals surface area contributed by atoms with Gasteiger partial charge >= 0.3 is 41.9 Å². The Morgan fingerprint density at radius 3 is 1.89 bits per heavy atom. The fourth-order valence-electron chi connectivity index (χ4n) is 2.71. The van der Waals surface area contributed by atoms with Gasteiger partial charge in [-0.1, -0.05) is 53.0 Å². The quantitative estimate of drug-likeness (QED) is 0.370. The number of allylic oxidation sites excluding steroid dienone is 4. The molecule has 0 fully saturated rings. The molecule has 0 atom stereocenters. The number of rotatable bonds is 0.